The van der Waals surface area contributed by atoms with Crippen LogP contribution in [0.5, 0.6) is 0 Å². The number of hydrogen-bond donors (Lipinski definition) is 1. The van der Waals surface area contributed by atoms with E-state index in [0.717, 1.165) is 28.7 Å². The average molecular weight is 433 g/mol. The van der Waals surface area contributed by atoms with E-state index >= 15 is 0 Å². The summed E-state index contributed by atoms with van der Waals surface area (Å²) >= 11 is 0. The smallest absolute Gasteiger partial charge is 0.273 e. The number of nitrogens with one attached hydrogen (secondary N) is 1. The van der Waals surface area contributed by atoms with Crippen molar-refractivity contribution < 1.29 is 4.79 Å². The van der Waals surface area contributed by atoms with E-state index < -0.39 is 0 Å². The summed E-state index contributed by atoms with van der Waals surface area (Å²) in [4.78, 5) is 12.8. The lowest BCUT2D eigenvalue weighted by molar-refractivity contribution is 0.0955. The molecule has 0 atom stereocenters. The summed E-state index contributed by atoms with van der Waals surface area (Å²) < 4.78 is 4.13. The highest BCUT2D eigenvalue weighted by atomic mass is 16.2. The first-order valence-corrected chi connectivity index (χ1v) is 10.9. The number of aromatic nitrogens is 2. The summed E-state index contributed by atoms with van der Waals surface area (Å²) in [6, 6.07) is 28.1. The Hall–Kier alpha value is -4.38. The molecule has 0 fully saturated rings. The van der Waals surface area contributed by atoms with E-state index in [2.05, 4.69) is 64.6 Å². The third kappa shape index (κ3) is 4.34. The lowest BCUT2D eigenvalue weighted by Gasteiger charge is -2.08. The van der Waals surface area contributed by atoms with Gasteiger partial charge < -0.3 is 9.13 Å². The second kappa shape index (κ2) is 9.01. The summed E-state index contributed by atoms with van der Waals surface area (Å²) in [6.45, 7) is 2.87. The normalized spacial score (nSPS) is 11.3. The van der Waals surface area contributed by atoms with Crippen molar-refractivity contribution in [2.45, 2.75) is 13.5 Å². The highest BCUT2D eigenvalue weighted by Crippen LogP contribution is 2.21. The molecule has 0 saturated heterocycles. The second-order valence-corrected chi connectivity index (χ2v) is 8.03. The van der Waals surface area contributed by atoms with Gasteiger partial charge in [-0.25, -0.2) is 5.43 Å². The van der Waals surface area contributed by atoms with Gasteiger partial charge in [0.15, 0.2) is 0 Å². The molecule has 5 nitrogen and oxygen atoms in total. The molecule has 0 aliphatic carbocycles. The Kier molecular flexibility index (Phi) is 5.60. The predicted molar refractivity (Wildman–Crippen MR) is 133 cm³/mol. The van der Waals surface area contributed by atoms with E-state index in [4.69, 9.17) is 0 Å². The molecule has 2 heterocycles. The molecule has 0 spiro atoms. The van der Waals surface area contributed by atoms with Crippen molar-refractivity contribution >= 4 is 23.0 Å². The molecule has 0 radical (unpaired) electrons. The Morgan fingerprint density at radius 2 is 1.73 bits per heavy atom. The van der Waals surface area contributed by atoms with Gasteiger partial charge in [0.1, 0.15) is 0 Å². The van der Waals surface area contributed by atoms with Crippen LogP contribution in [0.15, 0.2) is 109 Å². The summed E-state index contributed by atoms with van der Waals surface area (Å²) in [5.74, 6) is -0.251. The largest absolute Gasteiger partial charge is 0.342 e. The fourth-order valence-corrected chi connectivity index (χ4v) is 4.12. The van der Waals surface area contributed by atoms with Crippen LogP contribution in [0.3, 0.4) is 0 Å². The zero-order chi connectivity index (χ0) is 22.6. The minimum Gasteiger partial charge on any atom is -0.342 e. The number of nitrogens with zero attached hydrogens (tertiary/aromatic N) is 3. The van der Waals surface area contributed by atoms with Crippen molar-refractivity contribution in [3.05, 3.63) is 126 Å². The van der Waals surface area contributed by atoms with Crippen molar-refractivity contribution in [3.63, 3.8) is 0 Å². The van der Waals surface area contributed by atoms with Crippen LogP contribution >= 0.6 is 0 Å². The van der Waals surface area contributed by atoms with Crippen LogP contribution in [-0.4, -0.2) is 21.3 Å². The van der Waals surface area contributed by atoms with Crippen LogP contribution in [0.4, 0.5) is 0 Å². The van der Waals surface area contributed by atoms with Gasteiger partial charge in [-0.1, -0.05) is 60.2 Å². The lowest BCUT2D eigenvalue weighted by atomic mass is 10.1. The number of rotatable bonds is 6. The summed E-state index contributed by atoms with van der Waals surface area (Å²) in [5, 5.41) is 5.37. The maximum absolute atomic E-state index is 12.8. The SMILES string of the molecule is Cc1cccc(Cn2cc(/C=N\NC(=O)c3ccccc3-n3cccc3)c3ccccc32)c1. The number of aryl methyl sites for hydroxylation is 1. The predicted octanol–water partition coefficient (Wildman–Crippen LogP) is 5.55. The standard InChI is InChI=1S/C28H24N4O/c1-21-9-8-10-22(17-21)19-32-20-23(24-11-2-4-13-26(24)32)18-29-30-28(33)25-12-3-5-14-27(25)31-15-6-7-16-31/h2-18,20H,19H2,1H3,(H,30,33)/b29-18-. The number of para-hydroxylation sites is 2. The molecule has 0 aliphatic rings. The molecule has 33 heavy (non-hydrogen) atoms. The van der Waals surface area contributed by atoms with E-state index in [1.807, 2.05) is 59.4 Å². The van der Waals surface area contributed by atoms with Crippen LogP contribution in [0.2, 0.25) is 0 Å². The third-order valence-electron chi connectivity index (χ3n) is 5.66. The number of amides is 1. The Morgan fingerprint density at radius 1 is 0.939 bits per heavy atom. The van der Waals surface area contributed by atoms with Gasteiger partial charge in [0, 0.05) is 41.6 Å². The van der Waals surface area contributed by atoms with Crippen molar-refractivity contribution in [1.82, 2.24) is 14.6 Å². The van der Waals surface area contributed by atoms with E-state index in [1.54, 1.807) is 12.3 Å². The van der Waals surface area contributed by atoms with Gasteiger partial charge in [-0.3, -0.25) is 4.79 Å². The van der Waals surface area contributed by atoms with E-state index in [0.29, 0.717) is 5.56 Å². The fraction of sp³-hybridized carbons (Fsp3) is 0.0714. The third-order valence-corrected chi connectivity index (χ3v) is 5.66. The van der Waals surface area contributed by atoms with Crippen LogP contribution in [0.1, 0.15) is 27.0 Å². The van der Waals surface area contributed by atoms with Crippen molar-refractivity contribution in [2.75, 3.05) is 0 Å². The number of carbonyl (C=O) groups is 1. The molecule has 5 heteroatoms. The first kappa shape index (κ1) is 20.5. The molecule has 0 unspecified atom stereocenters. The molecule has 162 valence electrons. The van der Waals surface area contributed by atoms with Gasteiger partial charge in [-0.2, -0.15) is 5.10 Å². The molecule has 5 rings (SSSR count). The zero-order valence-electron chi connectivity index (χ0n) is 18.3. The maximum Gasteiger partial charge on any atom is 0.273 e. The van der Waals surface area contributed by atoms with Crippen LogP contribution in [0, 0.1) is 6.92 Å². The zero-order valence-corrected chi connectivity index (χ0v) is 18.3. The van der Waals surface area contributed by atoms with E-state index in [1.165, 1.54) is 11.1 Å². The number of hydrogen-bond acceptors (Lipinski definition) is 2. The van der Waals surface area contributed by atoms with Gasteiger partial charge in [0.25, 0.3) is 5.91 Å². The lowest BCUT2D eigenvalue weighted by Crippen LogP contribution is -2.19. The number of hydrazone groups is 1. The Bertz CT molecular complexity index is 1440. The summed E-state index contributed by atoms with van der Waals surface area (Å²) in [6.07, 6.45) is 7.62. The Labute approximate surface area is 192 Å². The monoisotopic (exact) mass is 432 g/mol. The summed E-state index contributed by atoms with van der Waals surface area (Å²) in [7, 11) is 0. The van der Waals surface area contributed by atoms with E-state index in [-0.39, 0.29) is 5.91 Å². The average Bonchev–Trinajstić information content (AvgIpc) is 3.48. The van der Waals surface area contributed by atoms with Gasteiger partial charge in [0.2, 0.25) is 0 Å². The molecular weight excluding hydrogens is 408 g/mol. The first-order chi connectivity index (χ1) is 16.2. The van der Waals surface area contributed by atoms with Crippen LogP contribution in [-0.2, 0) is 6.54 Å². The fourth-order valence-electron chi connectivity index (χ4n) is 4.12. The highest BCUT2D eigenvalue weighted by Gasteiger charge is 2.12. The molecule has 0 bridgehead atoms. The van der Waals surface area contributed by atoms with Gasteiger partial charge in [0.05, 0.1) is 17.5 Å². The Balaban J connectivity index is 1.39. The van der Waals surface area contributed by atoms with Crippen LogP contribution in [0.25, 0.3) is 16.6 Å². The molecular formula is C28H24N4O. The van der Waals surface area contributed by atoms with Gasteiger partial charge in [-0.15, -0.1) is 0 Å². The van der Waals surface area contributed by atoms with Crippen molar-refractivity contribution in [2.24, 2.45) is 5.10 Å². The topological polar surface area (TPSA) is 51.3 Å². The quantitative estimate of drug-likeness (QED) is 0.277. The first-order valence-electron chi connectivity index (χ1n) is 10.9. The highest BCUT2D eigenvalue weighted by molar-refractivity contribution is 6.01. The molecule has 3 aromatic carbocycles. The van der Waals surface area contributed by atoms with Gasteiger partial charge in [-0.05, 0) is 42.8 Å². The molecule has 0 saturated carbocycles. The number of carbonyl (C=O) groups excluding carboxylic acids is 1. The molecule has 1 N–H and O–H groups in total. The van der Waals surface area contributed by atoms with Crippen LogP contribution < -0.4 is 5.43 Å². The minimum atomic E-state index is -0.251. The molecule has 1 amide bonds. The molecule has 2 aromatic heterocycles. The second-order valence-electron chi connectivity index (χ2n) is 8.03. The minimum absolute atomic E-state index is 0.251. The van der Waals surface area contributed by atoms with Gasteiger partial charge >= 0.3 is 0 Å². The maximum atomic E-state index is 12.8. The van der Waals surface area contributed by atoms with E-state index in [9.17, 15) is 4.79 Å². The Morgan fingerprint density at radius 3 is 2.58 bits per heavy atom. The van der Waals surface area contributed by atoms with Crippen molar-refractivity contribution in [3.8, 4) is 5.69 Å². The molecule has 0 aliphatic heterocycles. The summed E-state index contributed by atoms with van der Waals surface area (Å²) in [5.41, 5.74) is 8.64. The van der Waals surface area contributed by atoms with Crippen molar-refractivity contribution in [1.29, 1.82) is 0 Å². The number of benzene rings is 3. The molecule has 5 aromatic rings. The number of fused-ring (bicyclic) bond motifs is 1.